The van der Waals surface area contributed by atoms with Crippen LogP contribution in [0.25, 0.3) is 10.4 Å². The summed E-state index contributed by atoms with van der Waals surface area (Å²) in [7, 11) is 0. The average molecular weight is 145 g/mol. The minimum atomic E-state index is -0.386. The van der Waals surface area contributed by atoms with Crippen LogP contribution in [0, 0.1) is 0 Å². The van der Waals surface area contributed by atoms with Crippen molar-refractivity contribution in [3.63, 3.8) is 0 Å². The molecule has 0 aromatic rings. The van der Waals surface area contributed by atoms with E-state index in [1.807, 2.05) is 0 Å². The van der Waals surface area contributed by atoms with Crippen LogP contribution in [-0.4, -0.2) is 19.2 Å². The maximum Gasteiger partial charge on any atom is 0.293 e. The Balaban J connectivity index is 3.28. The van der Waals surface area contributed by atoms with Crippen LogP contribution in [0.5, 0.6) is 0 Å². The number of carbonyl (C=O) groups is 1. The van der Waals surface area contributed by atoms with Gasteiger partial charge in [0.25, 0.3) is 6.47 Å². The van der Waals surface area contributed by atoms with Gasteiger partial charge in [-0.25, -0.2) is 0 Å². The van der Waals surface area contributed by atoms with Crippen LogP contribution in [0.15, 0.2) is 5.28 Å². The zero-order chi connectivity index (χ0) is 7.82. The van der Waals surface area contributed by atoms with Gasteiger partial charge in [-0.15, -0.1) is 0 Å². The Morgan fingerprint density at radius 1 is 1.90 bits per heavy atom. The van der Waals surface area contributed by atoms with E-state index in [9.17, 15) is 4.79 Å². The highest BCUT2D eigenvalue weighted by atomic mass is 16.7. The molecule has 0 saturated carbocycles. The van der Waals surface area contributed by atoms with E-state index in [4.69, 9.17) is 5.53 Å². The van der Waals surface area contributed by atoms with Crippen LogP contribution in [0.3, 0.4) is 0 Å². The second kappa shape index (κ2) is 5.71. The van der Waals surface area contributed by atoms with Crippen LogP contribution in [-0.2, 0) is 14.4 Å². The van der Waals surface area contributed by atoms with E-state index >= 15 is 0 Å². The Hall–Kier alpha value is -1.42. The lowest BCUT2D eigenvalue weighted by atomic mass is 10.4. The van der Waals surface area contributed by atoms with E-state index in [-0.39, 0.29) is 12.7 Å². The normalized spacial score (nSPS) is 10.9. The second-order valence-corrected chi connectivity index (χ2v) is 1.51. The summed E-state index contributed by atoms with van der Waals surface area (Å²) in [6.45, 7) is 1.99. The molecule has 0 saturated heterocycles. The quantitative estimate of drug-likeness (QED) is 0.188. The molecule has 0 aliphatic heterocycles. The smallest absolute Gasteiger partial charge is 0.293 e. The molecule has 0 rings (SSSR count). The summed E-state index contributed by atoms with van der Waals surface area (Å²) in [5.74, 6) is 0. The predicted molar refractivity (Wildman–Crippen MR) is 31.7 cm³/mol. The Bertz CT molecular complexity index is 143. The van der Waals surface area contributed by atoms with Crippen molar-refractivity contribution in [3.8, 4) is 0 Å². The van der Waals surface area contributed by atoms with Gasteiger partial charge in [-0.1, -0.05) is 0 Å². The lowest BCUT2D eigenvalue weighted by Gasteiger charge is -2.05. The van der Waals surface area contributed by atoms with E-state index in [1.165, 1.54) is 0 Å². The van der Waals surface area contributed by atoms with Gasteiger partial charge in [0.05, 0.1) is 0 Å². The number of nitrogens with zero attached hydrogens (tertiary/aromatic N) is 3. The summed E-state index contributed by atoms with van der Waals surface area (Å²) in [6, 6.07) is 0. The Morgan fingerprint density at radius 2 is 2.60 bits per heavy atom. The van der Waals surface area contributed by atoms with Crippen LogP contribution < -0.4 is 0 Å². The van der Waals surface area contributed by atoms with Gasteiger partial charge >= 0.3 is 0 Å². The number of hydrogen-bond donors (Lipinski definition) is 0. The molecule has 1 atom stereocenters. The molecule has 6 nitrogen and oxygen atoms in total. The Morgan fingerprint density at radius 3 is 3.10 bits per heavy atom. The van der Waals surface area contributed by atoms with Crippen molar-refractivity contribution in [1.29, 1.82) is 0 Å². The van der Waals surface area contributed by atoms with Gasteiger partial charge < -0.3 is 9.57 Å². The number of azide groups is 1. The largest absolute Gasteiger partial charge is 0.461 e. The standard InChI is InChI=1S/C4H7N3O3/c1-4(9-3-8)2-10-7-6-5/h3-4H,2H2,1H3. The summed E-state index contributed by atoms with van der Waals surface area (Å²) < 4.78 is 4.40. The fraction of sp³-hybridized carbons (Fsp3) is 0.750. The molecule has 0 aliphatic rings. The summed E-state index contributed by atoms with van der Waals surface area (Å²) >= 11 is 0. The average Bonchev–Trinajstić information content (AvgIpc) is 1.89. The molecular weight excluding hydrogens is 138 g/mol. The molecule has 6 heteroatoms. The number of ether oxygens (including phenoxy) is 1. The lowest BCUT2D eigenvalue weighted by molar-refractivity contribution is -0.135. The maximum absolute atomic E-state index is 9.67. The van der Waals surface area contributed by atoms with Crippen molar-refractivity contribution in [1.82, 2.24) is 0 Å². The van der Waals surface area contributed by atoms with E-state index in [0.717, 1.165) is 0 Å². The van der Waals surface area contributed by atoms with Crippen LogP contribution in [0.2, 0.25) is 0 Å². The summed E-state index contributed by atoms with van der Waals surface area (Å²) in [6.07, 6.45) is -0.386. The third-order valence-electron chi connectivity index (χ3n) is 0.691. The monoisotopic (exact) mass is 145 g/mol. The molecule has 0 spiro atoms. The molecule has 0 N–H and O–H groups in total. The van der Waals surface area contributed by atoms with Crippen molar-refractivity contribution in [2.45, 2.75) is 13.0 Å². The highest BCUT2D eigenvalue weighted by Crippen LogP contribution is 1.88. The first-order valence-corrected chi connectivity index (χ1v) is 2.56. The van der Waals surface area contributed by atoms with Crippen molar-refractivity contribution in [2.24, 2.45) is 5.28 Å². The zero-order valence-electron chi connectivity index (χ0n) is 5.43. The van der Waals surface area contributed by atoms with E-state index in [2.05, 4.69) is 19.8 Å². The number of carbonyl (C=O) groups excluding carboxylic acids is 1. The topological polar surface area (TPSA) is 84.3 Å². The van der Waals surface area contributed by atoms with E-state index in [0.29, 0.717) is 6.47 Å². The van der Waals surface area contributed by atoms with Crippen LogP contribution >= 0.6 is 0 Å². The maximum atomic E-state index is 9.67. The Kier molecular flexibility index (Phi) is 4.90. The molecule has 10 heavy (non-hydrogen) atoms. The minimum Gasteiger partial charge on any atom is -0.461 e. The van der Waals surface area contributed by atoms with Crippen LogP contribution in [0.1, 0.15) is 6.92 Å². The third-order valence-corrected chi connectivity index (χ3v) is 0.691. The van der Waals surface area contributed by atoms with Gasteiger partial charge in [-0.3, -0.25) is 4.79 Å². The highest BCUT2D eigenvalue weighted by Gasteiger charge is 1.98. The summed E-state index contributed by atoms with van der Waals surface area (Å²) in [5.41, 5.74) is 7.73. The zero-order valence-corrected chi connectivity index (χ0v) is 5.43. The van der Waals surface area contributed by atoms with Gasteiger partial charge in [0.1, 0.15) is 18.0 Å². The molecule has 0 fully saturated rings. The molecule has 0 aromatic carbocycles. The first kappa shape index (κ1) is 8.58. The molecule has 0 amide bonds. The third kappa shape index (κ3) is 4.73. The Labute approximate surface area is 57.3 Å². The number of rotatable bonds is 5. The minimum absolute atomic E-state index is 0.0722. The van der Waals surface area contributed by atoms with Gasteiger partial charge in [-0.2, -0.15) is 0 Å². The first-order chi connectivity index (χ1) is 4.81. The molecule has 0 aromatic heterocycles. The van der Waals surface area contributed by atoms with Crippen molar-refractivity contribution < 1.29 is 14.4 Å². The number of hydrogen-bond acceptors (Lipinski definition) is 4. The molecule has 0 bridgehead atoms. The van der Waals surface area contributed by atoms with Gasteiger partial charge in [0.15, 0.2) is 0 Å². The van der Waals surface area contributed by atoms with Gasteiger partial charge in [0, 0.05) is 4.91 Å². The van der Waals surface area contributed by atoms with Gasteiger partial charge in [-0.05, 0) is 12.5 Å². The predicted octanol–water partition coefficient (Wildman–Crippen LogP) is 0.790. The van der Waals surface area contributed by atoms with Gasteiger partial charge in [0.2, 0.25) is 0 Å². The summed E-state index contributed by atoms with van der Waals surface area (Å²) in [4.78, 5) is 16.3. The summed E-state index contributed by atoms with van der Waals surface area (Å²) in [5, 5.41) is 2.78. The van der Waals surface area contributed by atoms with Crippen LogP contribution in [0.4, 0.5) is 0 Å². The molecule has 0 heterocycles. The lowest BCUT2D eigenvalue weighted by Crippen LogP contribution is -2.12. The van der Waals surface area contributed by atoms with E-state index < -0.39 is 0 Å². The molecule has 56 valence electrons. The molecule has 0 aliphatic carbocycles. The highest BCUT2D eigenvalue weighted by molar-refractivity contribution is 5.37. The van der Waals surface area contributed by atoms with Crippen molar-refractivity contribution in [3.05, 3.63) is 10.4 Å². The fourth-order valence-electron chi connectivity index (χ4n) is 0.298. The second-order valence-electron chi connectivity index (χ2n) is 1.51. The van der Waals surface area contributed by atoms with E-state index in [1.54, 1.807) is 6.92 Å². The SMILES string of the molecule is CC(CON=[N+]=[N-])OC=O. The fourth-order valence-corrected chi connectivity index (χ4v) is 0.298. The molecule has 1 unspecified atom stereocenters. The van der Waals surface area contributed by atoms with Crippen molar-refractivity contribution >= 4 is 6.47 Å². The van der Waals surface area contributed by atoms with Crippen molar-refractivity contribution in [2.75, 3.05) is 6.61 Å². The molecule has 0 radical (unpaired) electrons. The molecular formula is C4H7N3O3. The first-order valence-electron chi connectivity index (χ1n) is 2.56.